The molecule has 0 saturated carbocycles. The van der Waals surface area contributed by atoms with Gasteiger partial charge in [0.15, 0.2) is 0 Å². The Morgan fingerprint density at radius 3 is 2.35 bits per heavy atom. The van der Waals surface area contributed by atoms with Crippen LogP contribution in [0.1, 0.15) is 36.7 Å². The SMILES string of the molecule is CC(C)(C)c1ccc(C(=O)N=O)cc1[N+](=O)[O-]. The van der Waals surface area contributed by atoms with Crippen molar-refractivity contribution in [3.05, 3.63) is 44.3 Å². The third kappa shape index (κ3) is 2.72. The largest absolute Gasteiger partial charge is 0.317 e. The monoisotopic (exact) mass is 236 g/mol. The van der Waals surface area contributed by atoms with Crippen LogP contribution in [0.5, 0.6) is 0 Å². The topological polar surface area (TPSA) is 89.6 Å². The molecule has 1 amide bonds. The fourth-order valence-corrected chi connectivity index (χ4v) is 1.50. The standard InChI is InChI=1S/C11H12N2O4/c1-11(2,3)8-5-4-7(10(14)12-15)6-9(8)13(16)17/h4-6H,1-3H3. The number of amides is 1. The number of nitro benzene ring substituents is 1. The summed E-state index contributed by atoms with van der Waals surface area (Å²) in [5.41, 5.74) is -0.157. The van der Waals surface area contributed by atoms with Gasteiger partial charge in [-0.05, 0) is 11.5 Å². The first-order valence-corrected chi connectivity index (χ1v) is 4.94. The molecule has 0 aromatic heterocycles. The zero-order chi connectivity index (χ0) is 13.2. The Bertz CT molecular complexity index is 489. The Morgan fingerprint density at radius 2 is 1.94 bits per heavy atom. The highest BCUT2D eigenvalue weighted by Crippen LogP contribution is 2.31. The second-order valence-electron chi connectivity index (χ2n) is 4.64. The van der Waals surface area contributed by atoms with E-state index >= 15 is 0 Å². The minimum absolute atomic E-state index is 0.0697. The van der Waals surface area contributed by atoms with E-state index in [2.05, 4.69) is 5.18 Å². The molecule has 17 heavy (non-hydrogen) atoms. The summed E-state index contributed by atoms with van der Waals surface area (Å²) in [6.45, 7) is 5.48. The molecule has 1 rings (SSSR count). The molecule has 0 aliphatic carbocycles. The molecule has 0 spiro atoms. The van der Waals surface area contributed by atoms with Gasteiger partial charge in [-0.1, -0.05) is 26.8 Å². The molecule has 0 aliphatic heterocycles. The molecular formula is C11H12N2O4. The molecule has 1 aromatic carbocycles. The molecule has 6 nitrogen and oxygen atoms in total. The van der Waals surface area contributed by atoms with E-state index in [9.17, 15) is 19.8 Å². The lowest BCUT2D eigenvalue weighted by Crippen LogP contribution is -2.14. The summed E-state index contributed by atoms with van der Waals surface area (Å²) in [5, 5.41) is 13.2. The second kappa shape index (κ2) is 4.40. The first-order chi connectivity index (χ1) is 7.77. The van der Waals surface area contributed by atoms with E-state index in [1.54, 1.807) is 0 Å². The van der Waals surface area contributed by atoms with Crippen molar-refractivity contribution in [2.75, 3.05) is 0 Å². The molecule has 90 valence electrons. The fourth-order valence-electron chi connectivity index (χ4n) is 1.50. The first kappa shape index (κ1) is 13.0. The van der Waals surface area contributed by atoms with Gasteiger partial charge in [0.25, 0.3) is 5.69 Å². The van der Waals surface area contributed by atoms with Crippen molar-refractivity contribution in [3.63, 3.8) is 0 Å². The molecule has 0 heterocycles. The molecular weight excluding hydrogens is 224 g/mol. The molecule has 0 bridgehead atoms. The van der Waals surface area contributed by atoms with Gasteiger partial charge in [0, 0.05) is 16.8 Å². The maximum atomic E-state index is 11.0. The number of benzene rings is 1. The zero-order valence-electron chi connectivity index (χ0n) is 9.76. The minimum Gasteiger partial charge on any atom is -0.263 e. The molecule has 1 aromatic rings. The third-order valence-corrected chi connectivity index (χ3v) is 2.33. The smallest absolute Gasteiger partial charge is 0.263 e. The van der Waals surface area contributed by atoms with Gasteiger partial charge in [0.05, 0.1) is 10.5 Å². The highest BCUT2D eigenvalue weighted by Gasteiger charge is 2.26. The Hall–Kier alpha value is -2.11. The highest BCUT2D eigenvalue weighted by molar-refractivity contribution is 5.95. The van der Waals surface area contributed by atoms with Crippen LogP contribution in [0.3, 0.4) is 0 Å². The van der Waals surface area contributed by atoms with E-state index in [0.29, 0.717) is 5.56 Å². The van der Waals surface area contributed by atoms with E-state index < -0.39 is 16.2 Å². The van der Waals surface area contributed by atoms with Crippen LogP contribution in [-0.4, -0.2) is 10.8 Å². The summed E-state index contributed by atoms with van der Waals surface area (Å²) in [6.07, 6.45) is 0. The summed E-state index contributed by atoms with van der Waals surface area (Å²) in [5.74, 6) is -1.01. The van der Waals surface area contributed by atoms with Crippen molar-refractivity contribution < 1.29 is 9.72 Å². The quantitative estimate of drug-likeness (QED) is 0.448. The lowest BCUT2D eigenvalue weighted by molar-refractivity contribution is -0.386. The zero-order valence-corrected chi connectivity index (χ0v) is 9.76. The minimum atomic E-state index is -1.01. The lowest BCUT2D eigenvalue weighted by atomic mass is 9.85. The predicted octanol–water partition coefficient (Wildman–Crippen LogP) is 2.80. The summed E-state index contributed by atoms with van der Waals surface area (Å²) < 4.78 is 0. The Kier molecular flexibility index (Phi) is 3.36. The maximum Gasteiger partial charge on any atom is 0.317 e. The summed E-state index contributed by atoms with van der Waals surface area (Å²) in [7, 11) is 0. The van der Waals surface area contributed by atoms with E-state index in [1.807, 2.05) is 20.8 Å². The summed E-state index contributed by atoms with van der Waals surface area (Å²) in [4.78, 5) is 31.5. The number of rotatable bonds is 2. The third-order valence-electron chi connectivity index (χ3n) is 2.33. The number of hydrogen-bond donors (Lipinski definition) is 0. The van der Waals surface area contributed by atoms with Gasteiger partial charge in [-0.15, -0.1) is 4.91 Å². The van der Waals surface area contributed by atoms with Gasteiger partial charge in [-0.25, -0.2) is 0 Å². The van der Waals surface area contributed by atoms with Crippen molar-refractivity contribution >= 4 is 11.6 Å². The van der Waals surface area contributed by atoms with Gasteiger partial charge in [-0.3, -0.25) is 14.9 Å². The van der Waals surface area contributed by atoms with Crippen molar-refractivity contribution in [2.45, 2.75) is 26.2 Å². The molecule has 0 unspecified atom stereocenters. The van der Waals surface area contributed by atoms with Gasteiger partial charge in [-0.2, -0.15) is 0 Å². The van der Waals surface area contributed by atoms with Crippen LogP contribution in [0, 0.1) is 15.0 Å². The van der Waals surface area contributed by atoms with E-state index in [1.165, 1.54) is 12.1 Å². The predicted molar refractivity (Wildman–Crippen MR) is 61.9 cm³/mol. The molecule has 0 aliphatic rings. The van der Waals surface area contributed by atoms with Crippen LogP contribution in [0.15, 0.2) is 23.4 Å². The van der Waals surface area contributed by atoms with Crippen LogP contribution in [0.2, 0.25) is 0 Å². The number of carbonyl (C=O) groups excluding carboxylic acids is 1. The van der Waals surface area contributed by atoms with Crippen LogP contribution >= 0.6 is 0 Å². The van der Waals surface area contributed by atoms with Gasteiger partial charge in [0.2, 0.25) is 0 Å². The van der Waals surface area contributed by atoms with Crippen LogP contribution in [0.4, 0.5) is 5.69 Å². The molecule has 0 N–H and O–H groups in total. The molecule has 0 saturated heterocycles. The number of nitrogens with zero attached hydrogens (tertiary/aromatic N) is 2. The molecule has 0 fully saturated rings. The van der Waals surface area contributed by atoms with E-state index in [0.717, 1.165) is 6.07 Å². The van der Waals surface area contributed by atoms with Crippen molar-refractivity contribution in [2.24, 2.45) is 5.18 Å². The number of nitroso groups, excluding NO2 is 1. The average Bonchev–Trinajstić information content (AvgIpc) is 2.25. The number of carbonyl (C=O) groups is 1. The van der Waals surface area contributed by atoms with Crippen LogP contribution < -0.4 is 0 Å². The van der Waals surface area contributed by atoms with Gasteiger partial charge in [0.1, 0.15) is 0 Å². The van der Waals surface area contributed by atoms with Crippen LogP contribution in [-0.2, 0) is 5.41 Å². The Morgan fingerprint density at radius 1 is 1.35 bits per heavy atom. The average molecular weight is 236 g/mol. The van der Waals surface area contributed by atoms with E-state index in [-0.39, 0.29) is 11.3 Å². The maximum absolute atomic E-state index is 11.0. The van der Waals surface area contributed by atoms with Crippen molar-refractivity contribution in [1.29, 1.82) is 0 Å². The van der Waals surface area contributed by atoms with Crippen molar-refractivity contribution in [1.82, 2.24) is 0 Å². The normalized spacial score (nSPS) is 11.0. The molecule has 6 heteroatoms. The van der Waals surface area contributed by atoms with E-state index in [4.69, 9.17) is 0 Å². The molecule has 0 radical (unpaired) electrons. The Labute approximate surface area is 97.8 Å². The lowest BCUT2D eigenvalue weighted by Gasteiger charge is -2.18. The summed E-state index contributed by atoms with van der Waals surface area (Å²) in [6, 6.07) is 3.94. The number of nitro groups is 1. The fraction of sp³-hybridized carbons (Fsp3) is 0.364. The molecule has 0 atom stereocenters. The first-order valence-electron chi connectivity index (χ1n) is 4.94. The van der Waals surface area contributed by atoms with Crippen molar-refractivity contribution in [3.8, 4) is 0 Å². The van der Waals surface area contributed by atoms with Gasteiger partial charge < -0.3 is 0 Å². The highest BCUT2D eigenvalue weighted by atomic mass is 16.6. The Balaban J connectivity index is 3.42. The van der Waals surface area contributed by atoms with Crippen LogP contribution in [0.25, 0.3) is 0 Å². The summed E-state index contributed by atoms with van der Waals surface area (Å²) >= 11 is 0. The number of hydrogen-bond acceptors (Lipinski definition) is 4. The second-order valence-corrected chi connectivity index (χ2v) is 4.64. The van der Waals surface area contributed by atoms with Gasteiger partial charge >= 0.3 is 5.91 Å².